The predicted octanol–water partition coefficient (Wildman–Crippen LogP) is 5.68. The minimum atomic E-state index is -0.435. The Labute approximate surface area is 259 Å². The van der Waals surface area contributed by atoms with E-state index in [-0.39, 0.29) is 46.8 Å². The molecule has 4 rings (SSSR count). The van der Waals surface area contributed by atoms with E-state index in [2.05, 4.69) is 33.9 Å². The van der Waals surface area contributed by atoms with Crippen molar-refractivity contribution in [2.24, 2.45) is 4.99 Å². The third-order valence-electron chi connectivity index (χ3n) is 7.08. The Kier molecular flexibility index (Phi) is 10.6. The van der Waals surface area contributed by atoms with Crippen molar-refractivity contribution in [3.63, 3.8) is 0 Å². The number of methoxy groups -OCH3 is 2. The Morgan fingerprint density at radius 2 is 1.88 bits per heavy atom. The van der Waals surface area contributed by atoms with Crippen LogP contribution in [0.3, 0.4) is 0 Å². The average molecular weight is 635 g/mol. The highest BCUT2D eigenvalue weighted by atomic mass is 35.5. The number of nitrogens with one attached hydrogen (secondary N) is 2. The predicted molar refractivity (Wildman–Crippen MR) is 170 cm³/mol. The summed E-state index contributed by atoms with van der Waals surface area (Å²) in [5.74, 6) is 1.12. The van der Waals surface area contributed by atoms with Crippen LogP contribution >= 0.6 is 35.0 Å². The van der Waals surface area contributed by atoms with Crippen LogP contribution < -0.4 is 29.9 Å². The first-order valence-corrected chi connectivity index (χ1v) is 15.2. The molecule has 2 aliphatic rings. The second-order valence-corrected chi connectivity index (χ2v) is 11.1. The van der Waals surface area contributed by atoms with E-state index in [9.17, 15) is 9.59 Å². The van der Waals surface area contributed by atoms with E-state index in [4.69, 9.17) is 37.7 Å². The molecule has 0 unspecified atom stereocenters. The van der Waals surface area contributed by atoms with Gasteiger partial charge in [0, 0.05) is 29.9 Å². The molecule has 3 amide bonds. The lowest BCUT2D eigenvalue weighted by Gasteiger charge is -2.37. The fourth-order valence-electron chi connectivity index (χ4n) is 5.02. The van der Waals surface area contributed by atoms with Crippen LogP contribution in [0, 0.1) is 0 Å². The van der Waals surface area contributed by atoms with Crippen LogP contribution in [0.2, 0.25) is 10.0 Å². The van der Waals surface area contributed by atoms with E-state index in [0.29, 0.717) is 34.5 Å². The molecule has 2 heterocycles. The molecule has 1 aliphatic heterocycles. The molecule has 1 aromatic heterocycles. The quantitative estimate of drug-likeness (QED) is 0.239. The summed E-state index contributed by atoms with van der Waals surface area (Å²) in [6.07, 6.45) is 8.47. The standard InChI is InChI=1S/C28H33Cl2N7O4S/c1-6-22(38)33-18-9-7-8-10-19(18)34-27-32-12-16-13-36(25-23(29)20(40-3)11-21(41-4)24(25)30)28(39)37(26(16)35-27)14-17(31-2)15-42-5/h6,11-12,15,18-19H,1-2,7-10,13-14H2,3-5H3,(H,33,38)(H,32,34,35)/b17-15-/t18-,19+/m0/s1. The molecule has 1 aromatic carbocycles. The number of carbonyl (C=O) groups is 2. The van der Waals surface area contributed by atoms with Gasteiger partial charge in [0.2, 0.25) is 11.9 Å². The van der Waals surface area contributed by atoms with Crippen LogP contribution in [0.1, 0.15) is 31.2 Å². The van der Waals surface area contributed by atoms with Gasteiger partial charge in [-0.25, -0.2) is 9.78 Å². The number of aliphatic imine (C=N–C) groups is 1. The van der Waals surface area contributed by atoms with Crippen molar-refractivity contribution >= 4 is 71.1 Å². The second kappa shape index (κ2) is 14.1. The molecule has 14 heteroatoms. The highest BCUT2D eigenvalue weighted by Crippen LogP contribution is 2.48. The molecule has 42 heavy (non-hydrogen) atoms. The second-order valence-electron chi connectivity index (χ2n) is 9.61. The average Bonchev–Trinajstić information content (AvgIpc) is 2.99. The third-order valence-corrected chi connectivity index (χ3v) is 8.32. The third kappa shape index (κ3) is 6.61. The Balaban J connectivity index is 1.76. The van der Waals surface area contributed by atoms with Gasteiger partial charge in [0.15, 0.2) is 0 Å². The number of hydrogen-bond acceptors (Lipinski definition) is 9. The topological polar surface area (TPSA) is 121 Å². The fourth-order valence-corrected chi connectivity index (χ4v) is 6.15. The number of halogens is 2. The highest BCUT2D eigenvalue weighted by Gasteiger charge is 2.37. The Morgan fingerprint density at radius 3 is 2.48 bits per heavy atom. The zero-order valence-electron chi connectivity index (χ0n) is 23.7. The van der Waals surface area contributed by atoms with Crippen molar-refractivity contribution < 1.29 is 19.1 Å². The maximum Gasteiger partial charge on any atom is 0.330 e. The zero-order valence-corrected chi connectivity index (χ0v) is 26.0. The summed E-state index contributed by atoms with van der Waals surface area (Å²) >= 11 is 14.8. The van der Waals surface area contributed by atoms with E-state index >= 15 is 0 Å². The minimum absolute atomic E-state index is 0.0842. The number of carbonyl (C=O) groups excluding carboxylic acids is 2. The van der Waals surface area contributed by atoms with Crippen LogP contribution in [0.4, 0.5) is 22.2 Å². The van der Waals surface area contributed by atoms with Crippen molar-refractivity contribution in [1.29, 1.82) is 0 Å². The van der Waals surface area contributed by atoms with E-state index in [0.717, 1.165) is 25.7 Å². The van der Waals surface area contributed by atoms with Crippen molar-refractivity contribution in [3.8, 4) is 11.5 Å². The first kappa shape index (κ1) is 31.5. The number of rotatable bonds is 11. The van der Waals surface area contributed by atoms with Crippen molar-refractivity contribution in [2.45, 2.75) is 44.3 Å². The zero-order chi connectivity index (χ0) is 30.4. The first-order valence-electron chi connectivity index (χ1n) is 13.2. The highest BCUT2D eigenvalue weighted by molar-refractivity contribution is 8.01. The number of urea groups is 1. The number of ether oxygens (including phenoxy) is 2. The number of hydrogen-bond donors (Lipinski definition) is 2. The summed E-state index contributed by atoms with van der Waals surface area (Å²) in [5, 5.41) is 8.50. The molecular formula is C28H33Cl2N7O4S. The SMILES string of the molecule is C=CC(=O)N[C@H]1CCCC[C@H]1Nc1ncc2c(n1)N(C/C(=C/SC)N=C)C(=O)N(c1c(Cl)c(OC)cc(OC)c1Cl)C2. The molecule has 0 bridgehead atoms. The Bertz CT molecular complexity index is 1380. The molecule has 1 aliphatic carbocycles. The lowest BCUT2D eigenvalue weighted by atomic mass is 9.90. The van der Waals surface area contributed by atoms with Crippen LogP contribution in [0.5, 0.6) is 11.5 Å². The molecule has 11 nitrogen and oxygen atoms in total. The lowest BCUT2D eigenvalue weighted by molar-refractivity contribution is -0.117. The summed E-state index contributed by atoms with van der Waals surface area (Å²) in [4.78, 5) is 42.6. The summed E-state index contributed by atoms with van der Waals surface area (Å²) in [6.45, 7) is 7.39. The van der Waals surface area contributed by atoms with Gasteiger partial charge in [-0.05, 0) is 37.3 Å². The number of thioether (sulfide) groups is 1. The van der Waals surface area contributed by atoms with Crippen LogP contribution in [0.15, 0.2) is 41.0 Å². The number of fused-ring (bicyclic) bond motifs is 1. The summed E-state index contributed by atoms with van der Waals surface area (Å²) in [6, 6.07) is 0.932. The molecule has 224 valence electrons. The van der Waals surface area contributed by atoms with Gasteiger partial charge >= 0.3 is 6.03 Å². The van der Waals surface area contributed by atoms with E-state index in [1.165, 1.54) is 41.9 Å². The molecule has 2 aromatic rings. The molecule has 1 fully saturated rings. The lowest BCUT2D eigenvalue weighted by Crippen LogP contribution is -2.49. The molecule has 0 radical (unpaired) electrons. The van der Waals surface area contributed by atoms with Crippen molar-refractivity contribution in [3.05, 3.63) is 51.6 Å². The first-order chi connectivity index (χ1) is 20.3. The maximum absolute atomic E-state index is 14.2. The van der Waals surface area contributed by atoms with Gasteiger partial charge in [-0.2, -0.15) is 4.98 Å². The largest absolute Gasteiger partial charge is 0.495 e. The number of amides is 3. The summed E-state index contributed by atoms with van der Waals surface area (Å²) in [7, 11) is 2.94. The Morgan fingerprint density at radius 1 is 1.21 bits per heavy atom. The molecule has 2 atom stereocenters. The van der Waals surface area contributed by atoms with Gasteiger partial charge < -0.3 is 20.1 Å². The van der Waals surface area contributed by atoms with Crippen molar-refractivity contribution in [2.75, 3.05) is 42.1 Å². The minimum Gasteiger partial charge on any atom is -0.495 e. The smallest absolute Gasteiger partial charge is 0.330 e. The Hall–Kier alpha value is -3.48. The van der Waals surface area contributed by atoms with E-state index in [1.807, 2.05) is 11.7 Å². The van der Waals surface area contributed by atoms with E-state index < -0.39 is 6.03 Å². The van der Waals surface area contributed by atoms with Gasteiger partial charge in [-0.15, -0.1) is 11.8 Å². The molecule has 0 spiro atoms. The monoisotopic (exact) mass is 633 g/mol. The number of aromatic nitrogens is 2. The van der Waals surface area contributed by atoms with Gasteiger partial charge in [0.25, 0.3) is 0 Å². The number of benzene rings is 1. The van der Waals surface area contributed by atoms with Crippen LogP contribution in [-0.2, 0) is 11.3 Å². The van der Waals surface area contributed by atoms with Gasteiger partial charge in [-0.3, -0.25) is 19.6 Å². The van der Waals surface area contributed by atoms with Gasteiger partial charge in [-0.1, -0.05) is 42.6 Å². The van der Waals surface area contributed by atoms with Gasteiger partial charge in [0.1, 0.15) is 27.4 Å². The van der Waals surface area contributed by atoms with Crippen molar-refractivity contribution in [1.82, 2.24) is 15.3 Å². The molecular weight excluding hydrogens is 601 g/mol. The van der Waals surface area contributed by atoms with Crippen LogP contribution in [0.25, 0.3) is 0 Å². The fraction of sp³-hybridized carbons (Fsp3) is 0.393. The summed E-state index contributed by atoms with van der Waals surface area (Å²) < 4.78 is 10.9. The van der Waals surface area contributed by atoms with Crippen LogP contribution in [-0.4, -0.2) is 67.7 Å². The van der Waals surface area contributed by atoms with Gasteiger partial charge in [0.05, 0.1) is 38.7 Å². The molecule has 0 saturated heterocycles. The molecule has 2 N–H and O–H groups in total. The summed E-state index contributed by atoms with van der Waals surface area (Å²) in [5.41, 5.74) is 1.46. The normalized spacial score (nSPS) is 18.7. The number of nitrogens with zero attached hydrogens (tertiary/aromatic N) is 5. The number of anilines is 3. The van der Waals surface area contributed by atoms with E-state index in [1.54, 1.807) is 12.3 Å². The molecule has 1 saturated carbocycles. The maximum atomic E-state index is 14.2.